The summed E-state index contributed by atoms with van der Waals surface area (Å²) in [6.07, 6.45) is 6.25. The predicted molar refractivity (Wildman–Crippen MR) is 167 cm³/mol. The molecule has 2 heterocycles. The second-order valence-electron chi connectivity index (χ2n) is 10.3. The molecule has 3 atom stereocenters. The number of ether oxygens (including phenoxy) is 3. The molecule has 3 aliphatic rings. The van der Waals surface area contributed by atoms with Crippen molar-refractivity contribution in [1.82, 2.24) is 10.2 Å². The van der Waals surface area contributed by atoms with Gasteiger partial charge in [0, 0.05) is 25.4 Å². The van der Waals surface area contributed by atoms with E-state index in [2.05, 4.69) is 5.32 Å². The van der Waals surface area contributed by atoms with E-state index in [9.17, 15) is 19.2 Å². The zero-order valence-electron chi connectivity index (χ0n) is 24.3. The lowest BCUT2D eigenvalue weighted by Crippen LogP contribution is -2.81. The van der Waals surface area contributed by atoms with Crippen molar-refractivity contribution in [2.45, 2.75) is 43.0 Å². The lowest BCUT2D eigenvalue weighted by Gasteiger charge is -2.56. The van der Waals surface area contributed by atoms with E-state index in [-0.39, 0.29) is 30.5 Å². The van der Waals surface area contributed by atoms with Crippen molar-refractivity contribution >= 4 is 47.9 Å². The summed E-state index contributed by atoms with van der Waals surface area (Å²) in [6.45, 7) is 1.06. The minimum Gasteiger partial charge on any atom is -0.461 e. The van der Waals surface area contributed by atoms with E-state index in [4.69, 9.17) is 19.9 Å². The van der Waals surface area contributed by atoms with Crippen LogP contribution in [0.15, 0.2) is 95.7 Å². The highest BCUT2D eigenvalue weighted by Gasteiger charge is 2.67. The number of fused-ring (bicyclic) bond motifs is 1. The molecule has 2 aromatic carbocycles. The Balaban J connectivity index is 0.00000442. The lowest BCUT2D eigenvalue weighted by atomic mass is 9.95. The molecule has 5 rings (SSSR count). The van der Waals surface area contributed by atoms with Gasteiger partial charge in [0.05, 0.1) is 0 Å². The van der Waals surface area contributed by atoms with Gasteiger partial charge in [0.2, 0.25) is 5.91 Å². The van der Waals surface area contributed by atoms with Gasteiger partial charge in [-0.25, -0.2) is 4.79 Å². The minimum atomic E-state index is -1.75. The van der Waals surface area contributed by atoms with Gasteiger partial charge in [0.15, 0.2) is 6.10 Å². The number of nitrogens with two attached hydrogens (primary N) is 1. The molecule has 0 spiro atoms. The number of rotatable bonds is 10. The molecule has 0 aromatic heterocycles. The number of esters is 2. The van der Waals surface area contributed by atoms with Gasteiger partial charge in [-0.2, -0.15) is 0 Å². The first kappa shape index (κ1) is 33.0. The second kappa shape index (κ2) is 14.3. The Morgan fingerprint density at radius 2 is 1.73 bits per heavy atom. The van der Waals surface area contributed by atoms with Crippen molar-refractivity contribution < 1.29 is 33.4 Å². The van der Waals surface area contributed by atoms with Crippen LogP contribution in [0.4, 0.5) is 0 Å². The molecule has 1 unspecified atom stereocenters. The second-order valence-corrected chi connectivity index (χ2v) is 11.4. The maximum atomic E-state index is 14.0. The topological polar surface area (TPSA) is 137 Å². The molecule has 0 bridgehead atoms. The zero-order chi connectivity index (χ0) is 30.6. The van der Waals surface area contributed by atoms with Gasteiger partial charge in [-0.15, -0.1) is 24.2 Å². The Hall–Kier alpha value is -3.90. The van der Waals surface area contributed by atoms with Crippen molar-refractivity contribution in [2.24, 2.45) is 5.73 Å². The molecule has 12 heteroatoms. The number of methoxy groups -OCH3 is 1. The molecule has 44 heavy (non-hydrogen) atoms. The van der Waals surface area contributed by atoms with Crippen LogP contribution in [-0.2, 0) is 33.4 Å². The summed E-state index contributed by atoms with van der Waals surface area (Å²) in [5.41, 5.74) is 7.07. The Morgan fingerprint density at radius 1 is 1.09 bits per heavy atom. The Bertz CT molecular complexity index is 1460. The smallest absolute Gasteiger partial charge is 0.356 e. The summed E-state index contributed by atoms with van der Waals surface area (Å²) in [6, 6.07) is 17.5. The van der Waals surface area contributed by atoms with Crippen LogP contribution in [-0.4, -0.2) is 65.3 Å². The van der Waals surface area contributed by atoms with Crippen molar-refractivity contribution in [3.63, 3.8) is 0 Å². The van der Waals surface area contributed by atoms with E-state index >= 15 is 0 Å². The van der Waals surface area contributed by atoms with Crippen molar-refractivity contribution in [3.05, 3.63) is 107 Å². The Kier molecular flexibility index (Phi) is 10.7. The molecule has 2 aliphatic heterocycles. The van der Waals surface area contributed by atoms with Crippen molar-refractivity contribution in [2.75, 3.05) is 19.5 Å². The SMILES string of the molecule is CO[C@@]1(NC(=O)C(N)C2=CC=CCC2)C(=O)N2C(C(=O)OC(c3ccccc3)c3ccccc3)=C(COC(C)=O)CS[C@H]21.Cl. The van der Waals surface area contributed by atoms with E-state index in [1.165, 1.54) is 30.7 Å². The number of nitrogens with one attached hydrogen (secondary N) is 1. The maximum Gasteiger partial charge on any atom is 0.356 e. The van der Waals surface area contributed by atoms with Crippen LogP contribution in [0, 0.1) is 0 Å². The summed E-state index contributed by atoms with van der Waals surface area (Å²) in [4.78, 5) is 54.0. The van der Waals surface area contributed by atoms with E-state index in [1.807, 2.05) is 72.8 Å². The number of nitrogens with zero attached hydrogens (tertiary/aromatic N) is 1. The van der Waals surface area contributed by atoms with Gasteiger partial charge < -0.3 is 25.3 Å². The van der Waals surface area contributed by atoms with Crippen LogP contribution >= 0.6 is 24.2 Å². The van der Waals surface area contributed by atoms with Gasteiger partial charge in [0.1, 0.15) is 23.7 Å². The number of carbonyl (C=O) groups is 4. The summed E-state index contributed by atoms with van der Waals surface area (Å²) in [5.74, 6) is -2.31. The first-order valence-corrected chi connectivity index (χ1v) is 14.9. The molecular weight excluding hydrogens is 606 g/mol. The highest BCUT2D eigenvalue weighted by Crippen LogP contribution is 2.47. The molecule has 0 radical (unpaired) electrons. The van der Waals surface area contributed by atoms with Crippen LogP contribution < -0.4 is 11.1 Å². The lowest BCUT2D eigenvalue weighted by molar-refractivity contribution is -0.193. The molecule has 2 amide bonds. The number of thioether (sulfide) groups is 1. The summed E-state index contributed by atoms with van der Waals surface area (Å²) >= 11 is 1.27. The Morgan fingerprint density at radius 3 is 2.27 bits per heavy atom. The molecular formula is C32H34ClN3O7S. The standard InChI is InChI=1S/C32H33N3O7S.ClH/c1-20(36)41-18-24-19-43-31-32(40-2,34-28(37)25(33)21-12-6-3-7-13-21)30(39)35(31)26(24)29(38)42-27(22-14-8-4-9-15-22)23-16-10-5-11-17-23;/h3-6,8-12,14-17,25,27,31H,7,13,18-19,33H2,1-2H3,(H,34,37);1H/t25?,31-,32-;/m0./s1. The average molecular weight is 640 g/mol. The average Bonchev–Trinajstić information content (AvgIpc) is 3.05. The monoisotopic (exact) mass is 639 g/mol. The summed E-state index contributed by atoms with van der Waals surface area (Å²) < 4.78 is 17.0. The van der Waals surface area contributed by atoms with Crippen LogP contribution in [0.2, 0.25) is 0 Å². The number of benzene rings is 2. The van der Waals surface area contributed by atoms with Crippen LogP contribution in [0.1, 0.15) is 37.0 Å². The fourth-order valence-electron chi connectivity index (χ4n) is 5.29. The molecule has 1 saturated heterocycles. The van der Waals surface area contributed by atoms with Gasteiger partial charge in [-0.05, 0) is 29.5 Å². The number of halogens is 1. The number of β-lactam (4-membered cyclic amide) rings is 1. The first-order chi connectivity index (χ1) is 20.8. The van der Waals surface area contributed by atoms with Gasteiger partial charge in [-0.3, -0.25) is 19.3 Å². The molecule has 1 aliphatic carbocycles. The fourth-order valence-corrected chi connectivity index (χ4v) is 6.71. The largest absolute Gasteiger partial charge is 0.461 e. The molecule has 10 nitrogen and oxygen atoms in total. The quantitative estimate of drug-likeness (QED) is 0.227. The molecule has 3 N–H and O–H groups in total. The third-order valence-corrected chi connectivity index (χ3v) is 8.92. The normalized spacial score (nSPS) is 21.4. The number of hydrogen-bond donors (Lipinski definition) is 2. The van der Waals surface area contributed by atoms with Gasteiger partial charge in [0.25, 0.3) is 11.6 Å². The number of hydrogen-bond acceptors (Lipinski definition) is 9. The molecule has 0 saturated carbocycles. The predicted octanol–water partition coefficient (Wildman–Crippen LogP) is 3.54. The number of allylic oxidation sites excluding steroid dienone is 3. The van der Waals surface area contributed by atoms with Crippen LogP contribution in [0.3, 0.4) is 0 Å². The molecule has 1 fully saturated rings. The zero-order valence-corrected chi connectivity index (χ0v) is 25.9. The third-order valence-electron chi connectivity index (χ3n) is 7.54. The highest BCUT2D eigenvalue weighted by atomic mass is 35.5. The van der Waals surface area contributed by atoms with Crippen LogP contribution in [0.25, 0.3) is 0 Å². The maximum absolute atomic E-state index is 14.0. The van der Waals surface area contributed by atoms with E-state index in [0.717, 1.165) is 23.1 Å². The minimum absolute atomic E-state index is 0. The van der Waals surface area contributed by atoms with Gasteiger partial charge in [-0.1, -0.05) is 78.9 Å². The molecule has 232 valence electrons. The van der Waals surface area contributed by atoms with Gasteiger partial charge >= 0.3 is 11.9 Å². The van der Waals surface area contributed by atoms with Crippen LogP contribution in [0.5, 0.6) is 0 Å². The Labute approximate surface area is 266 Å². The van der Waals surface area contributed by atoms with Crippen molar-refractivity contribution in [1.29, 1.82) is 0 Å². The van der Waals surface area contributed by atoms with E-state index in [1.54, 1.807) is 6.08 Å². The summed E-state index contributed by atoms with van der Waals surface area (Å²) in [5, 5.41) is 1.92. The number of amides is 2. The summed E-state index contributed by atoms with van der Waals surface area (Å²) in [7, 11) is 1.32. The van der Waals surface area contributed by atoms with E-state index < -0.39 is 47.0 Å². The first-order valence-electron chi connectivity index (χ1n) is 13.9. The molecule has 2 aromatic rings. The van der Waals surface area contributed by atoms with Crippen molar-refractivity contribution in [3.8, 4) is 0 Å². The highest BCUT2D eigenvalue weighted by molar-refractivity contribution is 8.00. The fraction of sp³-hybridized carbons (Fsp3) is 0.312. The van der Waals surface area contributed by atoms with E-state index in [0.29, 0.717) is 12.0 Å². The number of carbonyl (C=O) groups excluding carboxylic acids is 4. The third kappa shape index (κ3) is 6.46.